The fourth-order valence-electron chi connectivity index (χ4n) is 3.26. The summed E-state index contributed by atoms with van der Waals surface area (Å²) in [4.78, 5) is 6.71. The van der Waals surface area contributed by atoms with E-state index in [1.165, 1.54) is 5.56 Å². The predicted octanol–water partition coefficient (Wildman–Crippen LogP) is 2.99. The third kappa shape index (κ3) is 3.70. The van der Waals surface area contributed by atoms with Crippen molar-refractivity contribution in [1.29, 1.82) is 0 Å². The van der Waals surface area contributed by atoms with Crippen LogP contribution in [0.25, 0.3) is 0 Å². The van der Waals surface area contributed by atoms with Gasteiger partial charge in [0.2, 0.25) is 0 Å². The number of thiocarbonyl (C=S) groups is 1. The van der Waals surface area contributed by atoms with Gasteiger partial charge in [-0.05, 0) is 63.2 Å². The lowest BCUT2D eigenvalue weighted by Crippen LogP contribution is -2.31. The lowest BCUT2D eigenvalue weighted by atomic mass is 9.99. The second-order valence-electron chi connectivity index (χ2n) is 7.42. The summed E-state index contributed by atoms with van der Waals surface area (Å²) in [5.41, 5.74) is 2.21. The van der Waals surface area contributed by atoms with Gasteiger partial charge in [-0.1, -0.05) is 6.07 Å². The molecule has 6 heteroatoms. The smallest absolute Gasteiger partial charge is 0.170 e. The van der Waals surface area contributed by atoms with Crippen molar-refractivity contribution >= 4 is 17.3 Å². The molecule has 0 radical (unpaired) electrons. The Labute approximate surface area is 154 Å². The average Bonchev–Trinajstić information content (AvgIpc) is 3.18. The summed E-state index contributed by atoms with van der Waals surface area (Å²) >= 11 is 5.59. The fraction of sp³-hybridized carbons (Fsp3) is 0.474. The molecule has 134 valence electrons. The summed E-state index contributed by atoms with van der Waals surface area (Å²) in [6.07, 6.45) is 6.82. The minimum atomic E-state index is 0.00297. The molecule has 0 spiro atoms. The number of rotatable bonds is 5. The molecule has 3 heterocycles. The van der Waals surface area contributed by atoms with E-state index in [1.807, 2.05) is 24.4 Å². The van der Waals surface area contributed by atoms with Crippen molar-refractivity contribution in [2.24, 2.45) is 0 Å². The van der Waals surface area contributed by atoms with Gasteiger partial charge in [-0.3, -0.25) is 4.98 Å². The van der Waals surface area contributed by atoms with Crippen molar-refractivity contribution in [2.45, 2.75) is 44.8 Å². The molecular formula is C19H26N4OS. The molecule has 2 unspecified atom stereocenters. The Morgan fingerprint density at radius 2 is 2.08 bits per heavy atom. The van der Waals surface area contributed by atoms with Gasteiger partial charge in [0.05, 0.1) is 17.8 Å². The Morgan fingerprint density at radius 1 is 1.28 bits per heavy atom. The van der Waals surface area contributed by atoms with E-state index in [4.69, 9.17) is 12.2 Å². The third-order valence-electron chi connectivity index (χ3n) is 4.59. The molecule has 1 saturated heterocycles. The second kappa shape index (κ2) is 7.14. The maximum absolute atomic E-state index is 9.26. The van der Waals surface area contributed by atoms with Gasteiger partial charge in [0.25, 0.3) is 0 Å². The molecule has 0 aliphatic carbocycles. The molecule has 1 fully saturated rings. The van der Waals surface area contributed by atoms with Crippen molar-refractivity contribution in [1.82, 2.24) is 19.8 Å². The first-order chi connectivity index (χ1) is 11.9. The molecule has 2 N–H and O–H groups in total. The van der Waals surface area contributed by atoms with E-state index < -0.39 is 0 Å². The number of nitrogens with zero attached hydrogens (tertiary/aromatic N) is 3. The van der Waals surface area contributed by atoms with E-state index in [9.17, 15) is 5.11 Å². The van der Waals surface area contributed by atoms with Crippen LogP contribution in [0.4, 0.5) is 0 Å². The van der Waals surface area contributed by atoms with Gasteiger partial charge in [-0.25, -0.2) is 0 Å². The van der Waals surface area contributed by atoms with Crippen molar-refractivity contribution < 1.29 is 5.11 Å². The molecule has 2 aromatic heterocycles. The highest BCUT2D eigenvalue weighted by Gasteiger charge is 2.39. The molecule has 2 atom stereocenters. The van der Waals surface area contributed by atoms with Crippen LogP contribution < -0.4 is 5.32 Å². The molecule has 0 amide bonds. The zero-order chi connectivity index (χ0) is 18.0. The highest BCUT2D eigenvalue weighted by Crippen LogP contribution is 2.39. The Hall–Kier alpha value is -1.92. The van der Waals surface area contributed by atoms with Gasteiger partial charge in [0, 0.05) is 37.3 Å². The standard InChI is InChI=1S/C19H26N4OS/c1-19(2,3)22-11-8-14(13-22)17-16(15-7-4-5-9-20-15)21-18(25)23(17)10-6-12-24/h4-5,7-9,11,13,16-17,24H,6,10,12H2,1-3H3,(H,21,25). The Morgan fingerprint density at radius 3 is 2.68 bits per heavy atom. The van der Waals surface area contributed by atoms with Crippen LogP contribution in [0.3, 0.4) is 0 Å². The number of nitrogens with one attached hydrogen (secondary N) is 1. The van der Waals surface area contributed by atoms with E-state index in [-0.39, 0.29) is 24.2 Å². The van der Waals surface area contributed by atoms with Crippen LogP contribution in [0, 0.1) is 0 Å². The van der Waals surface area contributed by atoms with Crippen LogP contribution in [-0.4, -0.2) is 37.8 Å². The molecule has 3 rings (SSSR count). The first kappa shape index (κ1) is 17.9. The molecule has 1 aliphatic heterocycles. The Balaban J connectivity index is 1.98. The van der Waals surface area contributed by atoms with Crippen molar-refractivity contribution in [3.8, 4) is 0 Å². The van der Waals surface area contributed by atoms with Crippen LogP contribution in [0.15, 0.2) is 42.9 Å². The van der Waals surface area contributed by atoms with Gasteiger partial charge in [0.15, 0.2) is 5.11 Å². The Kier molecular flexibility index (Phi) is 5.11. The van der Waals surface area contributed by atoms with Gasteiger partial charge in [-0.15, -0.1) is 0 Å². The van der Waals surface area contributed by atoms with Crippen LogP contribution in [-0.2, 0) is 5.54 Å². The minimum absolute atomic E-state index is 0.00297. The minimum Gasteiger partial charge on any atom is -0.396 e. The first-order valence-corrected chi connectivity index (χ1v) is 9.10. The first-order valence-electron chi connectivity index (χ1n) is 8.69. The predicted molar refractivity (Wildman–Crippen MR) is 103 cm³/mol. The zero-order valence-corrected chi connectivity index (χ0v) is 15.8. The van der Waals surface area contributed by atoms with Crippen molar-refractivity contribution in [2.75, 3.05) is 13.2 Å². The van der Waals surface area contributed by atoms with Crippen molar-refractivity contribution in [3.63, 3.8) is 0 Å². The zero-order valence-electron chi connectivity index (χ0n) is 15.0. The summed E-state index contributed by atoms with van der Waals surface area (Å²) in [6, 6.07) is 8.18. The van der Waals surface area contributed by atoms with E-state index in [1.54, 1.807) is 0 Å². The number of pyridine rings is 1. The lowest BCUT2D eigenvalue weighted by molar-refractivity contribution is 0.247. The largest absolute Gasteiger partial charge is 0.396 e. The van der Waals surface area contributed by atoms with Gasteiger partial charge >= 0.3 is 0 Å². The SMILES string of the molecule is CC(C)(C)n1ccc(C2C(c3ccccn3)NC(=S)N2CCCO)c1. The van der Waals surface area contributed by atoms with E-state index in [0.29, 0.717) is 6.42 Å². The molecule has 1 aliphatic rings. The molecule has 0 bridgehead atoms. The van der Waals surface area contributed by atoms with Crippen LogP contribution in [0.5, 0.6) is 0 Å². The normalized spacial score (nSPS) is 20.8. The Bertz CT molecular complexity index is 723. The van der Waals surface area contributed by atoms with Gasteiger partial charge < -0.3 is 19.9 Å². The quantitative estimate of drug-likeness (QED) is 0.805. The highest BCUT2D eigenvalue weighted by molar-refractivity contribution is 7.80. The highest BCUT2D eigenvalue weighted by atomic mass is 32.1. The molecular weight excluding hydrogens is 332 g/mol. The number of hydrogen-bond donors (Lipinski definition) is 2. The van der Waals surface area contributed by atoms with Crippen LogP contribution >= 0.6 is 12.2 Å². The maximum atomic E-state index is 9.26. The summed E-state index contributed by atoms with van der Waals surface area (Å²) in [6.45, 7) is 7.44. The van der Waals surface area contributed by atoms with Gasteiger partial charge in [0.1, 0.15) is 0 Å². The summed E-state index contributed by atoms with van der Waals surface area (Å²) in [5, 5.41) is 13.4. The molecule has 25 heavy (non-hydrogen) atoms. The second-order valence-corrected chi connectivity index (χ2v) is 7.81. The number of aliphatic hydroxyl groups is 1. The van der Waals surface area contributed by atoms with E-state index >= 15 is 0 Å². The summed E-state index contributed by atoms with van der Waals surface area (Å²) in [5.74, 6) is 0. The number of hydrogen-bond acceptors (Lipinski definition) is 3. The van der Waals surface area contributed by atoms with Crippen LogP contribution in [0.2, 0.25) is 0 Å². The van der Waals surface area contributed by atoms with E-state index in [0.717, 1.165) is 17.4 Å². The van der Waals surface area contributed by atoms with E-state index in [2.05, 4.69) is 59.0 Å². The average molecular weight is 359 g/mol. The summed E-state index contributed by atoms with van der Waals surface area (Å²) in [7, 11) is 0. The maximum Gasteiger partial charge on any atom is 0.170 e. The molecule has 5 nitrogen and oxygen atoms in total. The summed E-state index contributed by atoms with van der Waals surface area (Å²) < 4.78 is 2.23. The number of aliphatic hydroxyl groups excluding tert-OH is 1. The lowest BCUT2D eigenvalue weighted by Gasteiger charge is -2.27. The monoisotopic (exact) mass is 358 g/mol. The topological polar surface area (TPSA) is 53.3 Å². The fourth-order valence-corrected chi connectivity index (χ4v) is 3.59. The molecule has 0 aromatic carbocycles. The molecule has 0 saturated carbocycles. The number of aromatic nitrogens is 2. The van der Waals surface area contributed by atoms with Gasteiger partial charge in [-0.2, -0.15) is 0 Å². The third-order valence-corrected chi connectivity index (χ3v) is 4.94. The van der Waals surface area contributed by atoms with Crippen LogP contribution in [0.1, 0.15) is 50.5 Å². The van der Waals surface area contributed by atoms with Crippen molar-refractivity contribution in [3.05, 3.63) is 54.1 Å². The molecule has 2 aromatic rings.